The molecular weight excluding hydrogens is 330 g/mol. The molecule has 0 radical (unpaired) electrons. The molecule has 0 spiro atoms. The molecule has 0 bridgehead atoms. The van der Waals surface area contributed by atoms with Gasteiger partial charge in [0.1, 0.15) is 17.6 Å². The zero-order valence-electron chi connectivity index (χ0n) is 15.1. The number of hydrogen-bond acceptors (Lipinski definition) is 6. The van der Waals surface area contributed by atoms with E-state index in [1.165, 1.54) is 5.56 Å². The van der Waals surface area contributed by atoms with E-state index in [1.54, 1.807) is 6.20 Å². The number of rotatable bonds is 4. The van der Waals surface area contributed by atoms with E-state index >= 15 is 0 Å². The Bertz CT molecular complexity index is 803. The summed E-state index contributed by atoms with van der Waals surface area (Å²) < 4.78 is 5.44. The molecule has 2 aromatic rings. The van der Waals surface area contributed by atoms with Crippen LogP contribution in [0.1, 0.15) is 31.5 Å². The Labute approximate surface area is 152 Å². The molecule has 26 heavy (non-hydrogen) atoms. The molecule has 0 aromatic carbocycles. The standard InChI is InChI=1S/C19H23N5O2/c1-12(2)21-19(25)26-13-10-24(11-13)18-14-6-5-8-15(14)22-17(23-18)16-7-3-4-9-20-16/h3-4,7,9,12-13H,5-6,8,10-11H2,1-2H3,(H,21,25). The highest BCUT2D eigenvalue weighted by Gasteiger charge is 2.34. The first kappa shape index (κ1) is 16.8. The van der Waals surface area contributed by atoms with Gasteiger partial charge in [0.05, 0.1) is 13.1 Å². The number of carbonyl (C=O) groups excluding carboxylic acids is 1. The van der Waals surface area contributed by atoms with E-state index in [1.807, 2.05) is 32.0 Å². The van der Waals surface area contributed by atoms with E-state index in [0.29, 0.717) is 18.9 Å². The van der Waals surface area contributed by atoms with Crippen LogP contribution in [0, 0.1) is 0 Å². The summed E-state index contributed by atoms with van der Waals surface area (Å²) in [6.07, 6.45) is 4.39. The number of ether oxygens (including phenoxy) is 1. The lowest BCUT2D eigenvalue weighted by Gasteiger charge is -2.40. The molecule has 7 nitrogen and oxygen atoms in total. The molecular formula is C19H23N5O2. The smallest absolute Gasteiger partial charge is 0.407 e. The largest absolute Gasteiger partial charge is 0.442 e. The summed E-state index contributed by atoms with van der Waals surface area (Å²) in [5, 5.41) is 2.76. The zero-order chi connectivity index (χ0) is 18.1. The number of nitrogens with zero attached hydrogens (tertiary/aromatic N) is 4. The summed E-state index contributed by atoms with van der Waals surface area (Å²) in [4.78, 5) is 27.8. The summed E-state index contributed by atoms with van der Waals surface area (Å²) in [5.41, 5.74) is 3.14. The molecule has 0 unspecified atom stereocenters. The first-order valence-corrected chi connectivity index (χ1v) is 9.13. The quantitative estimate of drug-likeness (QED) is 0.909. The third-order valence-electron chi connectivity index (χ3n) is 4.63. The fourth-order valence-corrected chi connectivity index (χ4v) is 3.39. The maximum Gasteiger partial charge on any atom is 0.407 e. The Morgan fingerprint density at radius 3 is 2.85 bits per heavy atom. The molecule has 1 fully saturated rings. The summed E-state index contributed by atoms with van der Waals surface area (Å²) in [6.45, 7) is 5.16. The van der Waals surface area contributed by atoms with Crippen molar-refractivity contribution in [3.05, 3.63) is 35.7 Å². The van der Waals surface area contributed by atoms with Crippen LogP contribution >= 0.6 is 0 Å². The van der Waals surface area contributed by atoms with Crippen LogP contribution in [0.5, 0.6) is 0 Å². The Hall–Kier alpha value is -2.70. The second kappa shape index (κ2) is 6.90. The number of carbonyl (C=O) groups is 1. The first-order valence-electron chi connectivity index (χ1n) is 9.13. The predicted octanol–water partition coefficient (Wildman–Crippen LogP) is 2.35. The Morgan fingerprint density at radius 1 is 1.27 bits per heavy atom. The lowest BCUT2D eigenvalue weighted by Crippen LogP contribution is -2.55. The number of alkyl carbamates (subject to hydrolysis) is 1. The van der Waals surface area contributed by atoms with Crippen LogP contribution in [0.15, 0.2) is 24.4 Å². The summed E-state index contributed by atoms with van der Waals surface area (Å²) >= 11 is 0. The lowest BCUT2D eigenvalue weighted by atomic mass is 10.1. The van der Waals surface area contributed by atoms with Gasteiger partial charge >= 0.3 is 6.09 Å². The number of aromatic nitrogens is 3. The van der Waals surface area contributed by atoms with E-state index in [2.05, 4.69) is 15.2 Å². The maximum atomic E-state index is 11.7. The van der Waals surface area contributed by atoms with Crippen molar-refractivity contribution in [2.45, 2.75) is 45.3 Å². The molecule has 2 aromatic heterocycles. The van der Waals surface area contributed by atoms with E-state index < -0.39 is 0 Å². The van der Waals surface area contributed by atoms with E-state index in [9.17, 15) is 4.79 Å². The Balaban J connectivity index is 1.51. The number of anilines is 1. The number of nitrogens with one attached hydrogen (secondary N) is 1. The number of fused-ring (bicyclic) bond motifs is 1. The van der Waals surface area contributed by atoms with Crippen molar-refractivity contribution in [1.29, 1.82) is 0 Å². The average Bonchev–Trinajstić information content (AvgIpc) is 3.06. The van der Waals surface area contributed by atoms with Crippen molar-refractivity contribution in [1.82, 2.24) is 20.3 Å². The van der Waals surface area contributed by atoms with Crippen molar-refractivity contribution in [3.63, 3.8) is 0 Å². The molecule has 1 aliphatic carbocycles. The molecule has 1 aliphatic heterocycles. The van der Waals surface area contributed by atoms with Gasteiger partial charge in [-0.05, 0) is 45.2 Å². The van der Waals surface area contributed by atoms with Gasteiger partial charge in [-0.1, -0.05) is 6.07 Å². The van der Waals surface area contributed by atoms with Crippen molar-refractivity contribution in [2.24, 2.45) is 0 Å². The molecule has 4 rings (SSSR count). The fraction of sp³-hybridized carbons (Fsp3) is 0.474. The number of amides is 1. The fourth-order valence-electron chi connectivity index (χ4n) is 3.39. The van der Waals surface area contributed by atoms with Gasteiger partial charge in [0, 0.05) is 23.5 Å². The zero-order valence-corrected chi connectivity index (χ0v) is 15.1. The molecule has 1 N–H and O–H groups in total. The molecule has 1 amide bonds. The van der Waals surface area contributed by atoms with Crippen molar-refractivity contribution >= 4 is 11.9 Å². The molecule has 0 saturated carbocycles. The van der Waals surface area contributed by atoms with Crippen molar-refractivity contribution < 1.29 is 9.53 Å². The molecule has 7 heteroatoms. The number of hydrogen-bond donors (Lipinski definition) is 1. The molecule has 2 aliphatic rings. The van der Waals surface area contributed by atoms with Gasteiger partial charge in [0.2, 0.25) is 0 Å². The van der Waals surface area contributed by atoms with Crippen LogP contribution in [0.4, 0.5) is 10.6 Å². The highest BCUT2D eigenvalue weighted by molar-refractivity contribution is 5.68. The summed E-state index contributed by atoms with van der Waals surface area (Å²) in [6, 6.07) is 5.83. The normalized spacial score (nSPS) is 16.3. The Morgan fingerprint density at radius 2 is 2.12 bits per heavy atom. The molecule has 1 saturated heterocycles. The third kappa shape index (κ3) is 3.34. The van der Waals surface area contributed by atoms with Crippen LogP contribution in [-0.2, 0) is 17.6 Å². The molecule has 136 valence electrons. The van der Waals surface area contributed by atoms with E-state index in [4.69, 9.17) is 14.7 Å². The SMILES string of the molecule is CC(C)NC(=O)OC1CN(c2nc(-c3ccccn3)nc3c2CCC3)C1. The number of aryl methyl sites for hydroxylation is 1. The monoisotopic (exact) mass is 353 g/mol. The highest BCUT2D eigenvalue weighted by atomic mass is 16.6. The summed E-state index contributed by atoms with van der Waals surface area (Å²) in [5.74, 6) is 1.64. The van der Waals surface area contributed by atoms with Gasteiger partial charge in [-0.25, -0.2) is 14.8 Å². The minimum Gasteiger partial charge on any atom is -0.442 e. The van der Waals surface area contributed by atoms with Crippen molar-refractivity contribution in [2.75, 3.05) is 18.0 Å². The van der Waals surface area contributed by atoms with Crippen molar-refractivity contribution in [3.8, 4) is 11.5 Å². The molecule has 0 atom stereocenters. The average molecular weight is 353 g/mol. The molecule has 3 heterocycles. The van der Waals surface area contributed by atoms with Crippen LogP contribution in [0.3, 0.4) is 0 Å². The highest BCUT2D eigenvalue weighted by Crippen LogP contribution is 2.33. The minimum atomic E-state index is -0.355. The van der Waals surface area contributed by atoms with Crippen LogP contribution in [0.2, 0.25) is 0 Å². The third-order valence-corrected chi connectivity index (χ3v) is 4.63. The van der Waals surface area contributed by atoms with E-state index in [-0.39, 0.29) is 18.2 Å². The summed E-state index contributed by atoms with van der Waals surface area (Å²) in [7, 11) is 0. The van der Waals surface area contributed by atoms with Gasteiger partial charge in [0.15, 0.2) is 5.82 Å². The number of pyridine rings is 1. The van der Waals surface area contributed by atoms with Crippen LogP contribution < -0.4 is 10.2 Å². The second-order valence-electron chi connectivity index (χ2n) is 7.10. The van der Waals surface area contributed by atoms with Gasteiger partial charge in [-0.2, -0.15) is 0 Å². The van der Waals surface area contributed by atoms with Gasteiger partial charge in [-0.15, -0.1) is 0 Å². The van der Waals surface area contributed by atoms with E-state index in [0.717, 1.165) is 36.5 Å². The lowest BCUT2D eigenvalue weighted by molar-refractivity contribution is 0.0790. The topological polar surface area (TPSA) is 80.2 Å². The van der Waals surface area contributed by atoms with Crippen LogP contribution in [0.25, 0.3) is 11.5 Å². The van der Waals surface area contributed by atoms with Gasteiger partial charge in [-0.3, -0.25) is 4.98 Å². The van der Waals surface area contributed by atoms with Gasteiger partial charge < -0.3 is 15.0 Å². The maximum absolute atomic E-state index is 11.7. The first-order chi connectivity index (χ1) is 12.6. The predicted molar refractivity (Wildman–Crippen MR) is 98.0 cm³/mol. The van der Waals surface area contributed by atoms with Gasteiger partial charge in [0.25, 0.3) is 0 Å². The van der Waals surface area contributed by atoms with Crippen LogP contribution in [-0.4, -0.2) is 46.3 Å². The minimum absolute atomic E-state index is 0.0738. The second-order valence-corrected chi connectivity index (χ2v) is 7.10. The Kier molecular flexibility index (Phi) is 4.44.